The predicted molar refractivity (Wildman–Crippen MR) is 192 cm³/mol. The fourth-order valence-corrected chi connectivity index (χ4v) is 8.15. The maximum atomic E-state index is 6.06. The van der Waals surface area contributed by atoms with Crippen LogP contribution in [0, 0.1) is 0 Å². The van der Waals surface area contributed by atoms with Crippen molar-refractivity contribution in [2.75, 3.05) is 0 Å². The molecule has 0 spiro atoms. The van der Waals surface area contributed by atoms with E-state index in [4.69, 9.17) is 18.8 Å². The smallest absolute Gasteiger partial charge is 0.135 e. The maximum Gasteiger partial charge on any atom is 0.135 e. The largest absolute Gasteiger partial charge is 0.456 e. The van der Waals surface area contributed by atoms with Gasteiger partial charge in [-0.05, 0) is 59.3 Å². The van der Waals surface area contributed by atoms with Crippen molar-refractivity contribution < 1.29 is 8.83 Å². The number of furan rings is 2. The van der Waals surface area contributed by atoms with Gasteiger partial charge in [-0.1, -0.05) is 84.9 Å². The molecular formula is C40H22N2O2S2. The molecule has 4 nitrogen and oxygen atoms in total. The number of hydrogen-bond donors (Lipinski definition) is 0. The molecule has 0 unspecified atom stereocenters. The van der Waals surface area contributed by atoms with E-state index in [1.807, 2.05) is 36.4 Å². The van der Waals surface area contributed by atoms with Crippen molar-refractivity contribution in [2.24, 2.45) is 0 Å². The normalized spacial score (nSPS) is 11.9. The molecule has 216 valence electrons. The third-order valence-electron chi connectivity index (χ3n) is 8.54. The molecule has 0 bridgehead atoms. The number of aromatic nitrogens is 2. The summed E-state index contributed by atoms with van der Waals surface area (Å²) >= 11 is 3.44. The lowest BCUT2D eigenvalue weighted by Gasteiger charge is -1.99. The number of benzene rings is 6. The van der Waals surface area contributed by atoms with Gasteiger partial charge in [0.25, 0.3) is 0 Å². The van der Waals surface area contributed by atoms with Crippen LogP contribution < -0.4 is 0 Å². The molecule has 10 rings (SSSR count). The van der Waals surface area contributed by atoms with Gasteiger partial charge in [-0.15, -0.1) is 22.7 Å². The zero-order valence-corrected chi connectivity index (χ0v) is 25.9. The van der Waals surface area contributed by atoms with Gasteiger partial charge in [-0.3, -0.25) is 0 Å². The van der Waals surface area contributed by atoms with Crippen LogP contribution in [0.4, 0.5) is 0 Å². The van der Waals surface area contributed by atoms with Gasteiger partial charge in [0, 0.05) is 33.0 Å². The summed E-state index contributed by atoms with van der Waals surface area (Å²) in [5.41, 5.74) is 8.15. The summed E-state index contributed by atoms with van der Waals surface area (Å²) in [6, 6.07) is 46.2. The molecule has 6 aromatic carbocycles. The van der Waals surface area contributed by atoms with Gasteiger partial charge in [-0.2, -0.15) is 0 Å². The highest BCUT2D eigenvalue weighted by Crippen LogP contribution is 2.38. The van der Waals surface area contributed by atoms with Crippen LogP contribution >= 0.6 is 22.7 Å². The van der Waals surface area contributed by atoms with Gasteiger partial charge in [0.05, 0.1) is 20.4 Å². The molecule has 0 radical (unpaired) electrons. The molecule has 6 heteroatoms. The Bertz CT molecular complexity index is 2420. The lowest BCUT2D eigenvalue weighted by molar-refractivity contribution is 0.631. The summed E-state index contributed by atoms with van der Waals surface area (Å²) in [6.45, 7) is 0. The second-order valence-corrected chi connectivity index (χ2v) is 13.5. The molecule has 46 heavy (non-hydrogen) atoms. The Hall–Kier alpha value is -5.56. The minimum atomic E-state index is 0.875. The van der Waals surface area contributed by atoms with Crippen LogP contribution in [0.2, 0.25) is 0 Å². The number of para-hydroxylation sites is 2. The summed E-state index contributed by atoms with van der Waals surface area (Å²) in [7, 11) is 0. The van der Waals surface area contributed by atoms with Crippen LogP contribution in [0.3, 0.4) is 0 Å². The quantitative estimate of drug-likeness (QED) is 0.195. The molecule has 0 saturated carbocycles. The van der Waals surface area contributed by atoms with Crippen molar-refractivity contribution >= 4 is 75.8 Å². The molecule has 0 fully saturated rings. The van der Waals surface area contributed by atoms with Crippen LogP contribution in [0.25, 0.3) is 96.9 Å². The Morgan fingerprint density at radius 2 is 0.804 bits per heavy atom. The summed E-state index contributed by atoms with van der Waals surface area (Å²) in [5.74, 6) is 1.75. The molecule has 4 heterocycles. The molecule has 0 amide bonds. The summed E-state index contributed by atoms with van der Waals surface area (Å²) < 4.78 is 14.5. The van der Waals surface area contributed by atoms with Gasteiger partial charge in [0.1, 0.15) is 32.7 Å². The van der Waals surface area contributed by atoms with E-state index in [0.717, 1.165) is 76.8 Å². The fourth-order valence-electron chi connectivity index (χ4n) is 6.14. The minimum absolute atomic E-state index is 0.875. The van der Waals surface area contributed by atoms with E-state index >= 15 is 0 Å². The molecule has 0 N–H and O–H groups in total. The van der Waals surface area contributed by atoms with E-state index < -0.39 is 0 Å². The zero-order valence-electron chi connectivity index (χ0n) is 24.2. The van der Waals surface area contributed by atoms with Gasteiger partial charge in [-0.25, -0.2) is 9.97 Å². The van der Waals surface area contributed by atoms with E-state index in [2.05, 4.69) is 97.1 Å². The van der Waals surface area contributed by atoms with Crippen LogP contribution in [0.1, 0.15) is 0 Å². The van der Waals surface area contributed by atoms with Gasteiger partial charge in [0.15, 0.2) is 0 Å². The Balaban J connectivity index is 0.948. The Kier molecular flexibility index (Phi) is 5.58. The first kappa shape index (κ1) is 25.7. The average molecular weight is 627 g/mol. The molecule has 0 saturated heterocycles. The second-order valence-electron chi connectivity index (χ2n) is 11.5. The SMILES string of the molecule is c1ccc2oc(-c3ccc(-c4nc5cc6cc7sc(-c8ccc(-c9cc%10ccccc%10o9)cc8)nc7cc6cc5s4)cc3)cc2c1. The molecule has 0 atom stereocenters. The number of hydrogen-bond acceptors (Lipinski definition) is 6. The maximum absolute atomic E-state index is 6.06. The highest BCUT2D eigenvalue weighted by molar-refractivity contribution is 7.22. The Morgan fingerprint density at radius 3 is 1.24 bits per heavy atom. The first-order valence-corrected chi connectivity index (χ1v) is 16.7. The van der Waals surface area contributed by atoms with Crippen LogP contribution in [0.5, 0.6) is 0 Å². The summed E-state index contributed by atoms with van der Waals surface area (Å²) in [6.07, 6.45) is 0. The van der Waals surface area contributed by atoms with Crippen molar-refractivity contribution in [3.63, 3.8) is 0 Å². The molecule has 0 aliphatic heterocycles. The van der Waals surface area contributed by atoms with E-state index in [-0.39, 0.29) is 0 Å². The summed E-state index contributed by atoms with van der Waals surface area (Å²) in [4.78, 5) is 10.1. The van der Waals surface area contributed by atoms with Crippen molar-refractivity contribution in [1.82, 2.24) is 9.97 Å². The highest BCUT2D eigenvalue weighted by atomic mass is 32.1. The van der Waals surface area contributed by atoms with Crippen LogP contribution in [0.15, 0.2) is 142 Å². The third kappa shape index (κ3) is 4.26. The van der Waals surface area contributed by atoms with Crippen LogP contribution in [-0.2, 0) is 0 Å². The van der Waals surface area contributed by atoms with E-state index in [1.54, 1.807) is 22.7 Å². The predicted octanol–water partition coefficient (Wildman–Crippen LogP) is 12.2. The highest BCUT2D eigenvalue weighted by Gasteiger charge is 2.13. The minimum Gasteiger partial charge on any atom is -0.456 e. The van der Waals surface area contributed by atoms with Crippen molar-refractivity contribution in [3.05, 3.63) is 133 Å². The topological polar surface area (TPSA) is 52.1 Å². The standard InChI is InChI=1S/C40H22N2O2S2/c1-3-7-33-27(5-1)19-35(43-33)23-9-13-25(14-10-23)39-41-31-17-29-22-38-32(18-30(29)21-37(31)45-39)42-40(46-38)26-15-11-24(12-16-26)36-20-28-6-2-4-8-34(28)44-36/h1-22H. The van der Waals surface area contributed by atoms with Crippen molar-refractivity contribution in [3.8, 4) is 43.8 Å². The number of nitrogens with zero attached hydrogens (tertiary/aromatic N) is 2. The second kappa shape index (κ2) is 9.97. The van der Waals surface area contributed by atoms with Gasteiger partial charge >= 0.3 is 0 Å². The first-order chi connectivity index (χ1) is 22.7. The monoisotopic (exact) mass is 626 g/mol. The zero-order chi connectivity index (χ0) is 30.2. The van der Waals surface area contributed by atoms with Gasteiger partial charge < -0.3 is 8.83 Å². The average Bonchev–Trinajstić information content (AvgIpc) is 3.90. The van der Waals surface area contributed by atoms with E-state index in [1.165, 1.54) is 20.2 Å². The fraction of sp³-hybridized carbons (Fsp3) is 0. The third-order valence-corrected chi connectivity index (χ3v) is 10.7. The van der Waals surface area contributed by atoms with Crippen molar-refractivity contribution in [1.29, 1.82) is 0 Å². The number of fused-ring (bicyclic) bond motifs is 5. The molecule has 0 aliphatic carbocycles. The van der Waals surface area contributed by atoms with E-state index in [0.29, 0.717) is 0 Å². The number of rotatable bonds is 4. The van der Waals surface area contributed by atoms with Crippen LogP contribution in [-0.4, -0.2) is 9.97 Å². The Labute approximate surface area is 270 Å². The molecule has 10 aromatic rings. The lowest BCUT2D eigenvalue weighted by atomic mass is 10.1. The summed E-state index contributed by atoms with van der Waals surface area (Å²) in [5, 5.41) is 6.59. The molecular weight excluding hydrogens is 605 g/mol. The number of thiazole rings is 2. The first-order valence-electron chi connectivity index (χ1n) is 15.0. The van der Waals surface area contributed by atoms with Crippen molar-refractivity contribution in [2.45, 2.75) is 0 Å². The molecule has 4 aromatic heterocycles. The van der Waals surface area contributed by atoms with E-state index in [9.17, 15) is 0 Å². The molecule has 0 aliphatic rings. The van der Waals surface area contributed by atoms with Gasteiger partial charge in [0.2, 0.25) is 0 Å². The Morgan fingerprint density at radius 1 is 0.391 bits per heavy atom. The lowest BCUT2D eigenvalue weighted by Crippen LogP contribution is -1.79.